The highest BCUT2D eigenvalue weighted by molar-refractivity contribution is 6.46. The molecule has 0 aliphatic carbocycles. The molecule has 0 bridgehead atoms. The zero-order valence-electron chi connectivity index (χ0n) is 17.1. The van der Waals surface area contributed by atoms with Crippen molar-refractivity contribution in [1.82, 2.24) is 0 Å². The molecule has 5 heteroatoms. The standard InChI is InChI=1S/C25H22N2O3/c1-16-7-9-18(10-8-16)22-23(26-19-6-4-5-17(2)15-19)25(29)27(24(22)28)20-11-13-21(30-3)14-12-20/h4-15,26H,1-3H3. The Balaban J connectivity index is 1.80. The second kappa shape index (κ2) is 7.87. The van der Waals surface area contributed by atoms with E-state index in [0.717, 1.165) is 16.8 Å². The van der Waals surface area contributed by atoms with Gasteiger partial charge in [-0.3, -0.25) is 9.59 Å². The Morgan fingerprint density at radius 1 is 0.800 bits per heavy atom. The number of ether oxygens (including phenoxy) is 1. The second-order valence-electron chi connectivity index (χ2n) is 7.25. The van der Waals surface area contributed by atoms with Crippen LogP contribution in [0.4, 0.5) is 11.4 Å². The molecule has 0 saturated heterocycles. The lowest BCUT2D eigenvalue weighted by Crippen LogP contribution is -2.32. The van der Waals surface area contributed by atoms with E-state index in [2.05, 4.69) is 5.32 Å². The average Bonchev–Trinajstić information content (AvgIpc) is 2.98. The molecular weight excluding hydrogens is 376 g/mol. The number of nitrogens with zero attached hydrogens (tertiary/aromatic N) is 1. The number of carbonyl (C=O) groups is 2. The van der Waals surface area contributed by atoms with Crippen molar-refractivity contribution < 1.29 is 14.3 Å². The number of aryl methyl sites for hydroxylation is 2. The van der Waals surface area contributed by atoms with Gasteiger partial charge in [0.05, 0.1) is 18.4 Å². The zero-order chi connectivity index (χ0) is 21.3. The molecule has 1 heterocycles. The van der Waals surface area contributed by atoms with Gasteiger partial charge in [0.2, 0.25) is 0 Å². The predicted octanol–water partition coefficient (Wildman–Crippen LogP) is 4.71. The van der Waals surface area contributed by atoms with Crippen molar-refractivity contribution in [2.45, 2.75) is 13.8 Å². The van der Waals surface area contributed by atoms with Gasteiger partial charge in [0.15, 0.2) is 0 Å². The number of imide groups is 1. The van der Waals surface area contributed by atoms with Crippen molar-refractivity contribution in [3.63, 3.8) is 0 Å². The van der Waals surface area contributed by atoms with E-state index in [-0.39, 0.29) is 17.5 Å². The fourth-order valence-corrected chi connectivity index (χ4v) is 3.47. The van der Waals surface area contributed by atoms with Crippen molar-refractivity contribution in [2.24, 2.45) is 0 Å². The largest absolute Gasteiger partial charge is 0.497 e. The number of hydrogen-bond acceptors (Lipinski definition) is 4. The van der Waals surface area contributed by atoms with Crippen LogP contribution >= 0.6 is 0 Å². The third-order valence-electron chi connectivity index (χ3n) is 5.04. The van der Waals surface area contributed by atoms with Gasteiger partial charge in [-0.15, -0.1) is 0 Å². The molecule has 0 atom stereocenters. The number of carbonyl (C=O) groups excluding carboxylic acids is 2. The molecule has 3 aromatic carbocycles. The Morgan fingerprint density at radius 3 is 2.13 bits per heavy atom. The van der Waals surface area contributed by atoms with Crippen molar-refractivity contribution in [3.8, 4) is 5.75 Å². The van der Waals surface area contributed by atoms with Crippen molar-refractivity contribution in [3.05, 3.63) is 95.2 Å². The van der Waals surface area contributed by atoms with Gasteiger partial charge in [0.25, 0.3) is 11.8 Å². The summed E-state index contributed by atoms with van der Waals surface area (Å²) in [4.78, 5) is 28.0. The second-order valence-corrected chi connectivity index (χ2v) is 7.25. The molecule has 0 aromatic heterocycles. The van der Waals surface area contributed by atoms with Gasteiger partial charge >= 0.3 is 0 Å². The number of anilines is 2. The third-order valence-corrected chi connectivity index (χ3v) is 5.04. The van der Waals surface area contributed by atoms with Gasteiger partial charge in [-0.2, -0.15) is 0 Å². The summed E-state index contributed by atoms with van der Waals surface area (Å²) in [5.74, 6) is -0.0888. The maximum absolute atomic E-state index is 13.4. The highest BCUT2D eigenvalue weighted by Crippen LogP contribution is 2.34. The van der Waals surface area contributed by atoms with E-state index in [0.29, 0.717) is 22.6 Å². The monoisotopic (exact) mass is 398 g/mol. The summed E-state index contributed by atoms with van der Waals surface area (Å²) < 4.78 is 5.19. The number of nitrogens with one attached hydrogen (secondary N) is 1. The van der Waals surface area contributed by atoms with Gasteiger partial charge in [-0.25, -0.2) is 4.90 Å². The van der Waals surface area contributed by atoms with Crippen LogP contribution in [-0.4, -0.2) is 18.9 Å². The van der Waals surface area contributed by atoms with E-state index < -0.39 is 0 Å². The minimum absolute atomic E-state index is 0.269. The Kier molecular flexibility index (Phi) is 5.11. The van der Waals surface area contributed by atoms with Crippen LogP contribution in [0.5, 0.6) is 5.75 Å². The van der Waals surface area contributed by atoms with Crippen LogP contribution in [0.25, 0.3) is 5.57 Å². The lowest BCUT2D eigenvalue weighted by molar-refractivity contribution is -0.120. The van der Waals surface area contributed by atoms with E-state index >= 15 is 0 Å². The molecule has 30 heavy (non-hydrogen) atoms. The molecular formula is C25H22N2O3. The number of hydrogen-bond donors (Lipinski definition) is 1. The highest BCUT2D eigenvalue weighted by atomic mass is 16.5. The molecule has 2 amide bonds. The van der Waals surface area contributed by atoms with Gasteiger partial charge in [0.1, 0.15) is 11.4 Å². The van der Waals surface area contributed by atoms with Gasteiger partial charge in [-0.1, -0.05) is 42.0 Å². The quantitative estimate of drug-likeness (QED) is 0.633. The molecule has 0 saturated carbocycles. The molecule has 1 aliphatic heterocycles. The van der Waals surface area contributed by atoms with E-state index in [1.54, 1.807) is 31.4 Å². The van der Waals surface area contributed by atoms with Crippen LogP contribution < -0.4 is 15.0 Å². The molecule has 150 valence electrons. The molecule has 1 N–H and O–H groups in total. The number of benzene rings is 3. The fraction of sp³-hybridized carbons (Fsp3) is 0.120. The van der Waals surface area contributed by atoms with Gasteiger partial charge in [-0.05, 0) is 61.4 Å². The molecule has 0 radical (unpaired) electrons. The summed E-state index contributed by atoms with van der Waals surface area (Å²) in [6.45, 7) is 3.96. The van der Waals surface area contributed by atoms with E-state index in [1.165, 1.54) is 4.90 Å². The first-order valence-electron chi connectivity index (χ1n) is 9.66. The summed E-state index contributed by atoms with van der Waals surface area (Å²) >= 11 is 0. The summed E-state index contributed by atoms with van der Waals surface area (Å²) in [5.41, 5.74) is 4.72. The fourth-order valence-electron chi connectivity index (χ4n) is 3.47. The summed E-state index contributed by atoms with van der Waals surface area (Å²) in [5, 5.41) is 3.19. The maximum Gasteiger partial charge on any atom is 0.282 e. The molecule has 5 nitrogen and oxygen atoms in total. The smallest absolute Gasteiger partial charge is 0.282 e. The Morgan fingerprint density at radius 2 is 1.50 bits per heavy atom. The SMILES string of the molecule is COc1ccc(N2C(=O)C(Nc3cccc(C)c3)=C(c3ccc(C)cc3)C2=O)cc1. The summed E-state index contributed by atoms with van der Waals surface area (Å²) in [7, 11) is 1.57. The van der Waals surface area contributed by atoms with Gasteiger partial charge in [0, 0.05) is 5.69 Å². The molecule has 3 aromatic rings. The Labute approximate surface area is 175 Å². The van der Waals surface area contributed by atoms with Crippen molar-refractivity contribution >= 4 is 28.8 Å². The average molecular weight is 398 g/mol. The molecule has 0 unspecified atom stereocenters. The van der Waals surface area contributed by atoms with Crippen LogP contribution in [0.3, 0.4) is 0 Å². The number of amides is 2. The van der Waals surface area contributed by atoms with E-state index in [1.807, 2.05) is 62.4 Å². The molecule has 0 fully saturated rings. The lowest BCUT2D eigenvalue weighted by Gasteiger charge is -2.16. The van der Waals surface area contributed by atoms with Crippen LogP contribution in [0, 0.1) is 13.8 Å². The minimum Gasteiger partial charge on any atom is -0.497 e. The molecule has 0 spiro atoms. The summed E-state index contributed by atoms with van der Waals surface area (Å²) in [6, 6.07) is 22.2. The normalized spacial score (nSPS) is 13.8. The highest BCUT2D eigenvalue weighted by Gasteiger charge is 2.40. The van der Waals surface area contributed by atoms with Crippen LogP contribution in [0.2, 0.25) is 0 Å². The first-order valence-corrected chi connectivity index (χ1v) is 9.66. The topological polar surface area (TPSA) is 58.6 Å². The van der Waals surface area contributed by atoms with Crippen LogP contribution in [-0.2, 0) is 9.59 Å². The van der Waals surface area contributed by atoms with Crippen molar-refractivity contribution in [2.75, 3.05) is 17.3 Å². The van der Waals surface area contributed by atoms with Gasteiger partial charge < -0.3 is 10.1 Å². The Bertz CT molecular complexity index is 1150. The third kappa shape index (κ3) is 3.57. The zero-order valence-corrected chi connectivity index (χ0v) is 17.1. The van der Waals surface area contributed by atoms with E-state index in [4.69, 9.17) is 4.74 Å². The summed E-state index contributed by atoms with van der Waals surface area (Å²) in [6.07, 6.45) is 0. The van der Waals surface area contributed by atoms with Crippen molar-refractivity contribution in [1.29, 1.82) is 0 Å². The predicted molar refractivity (Wildman–Crippen MR) is 118 cm³/mol. The van der Waals surface area contributed by atoms with Crippen LogP contribution in [0.15, 0.2) is 78.5 Å². The Hall–Kier alpha value is -3.86. The maximum atomic E-state index is 13.4. The molecule has 1 aliphatic rings. The first-order chi connectivity index (χ1) is 14.5. The number of rotatable bonds is 5. The minimum atomic E-state index is -0.387. The number of methoxy groups -OCH3 is 1. The first kappa shape index (κ1) is 19.5. The van der Waals surface area contributed by atoms with Crippen LogP contribution in [0.1, 0.15) is 16.7 Å². The van der Waals surface area contributed by atoms with E-state index in [9.17, 15) is 9.59 Å². The lowest BCUT2D eigenvalue weighted by atomic mass is 10.0. The molecule has 4 rings (SSSR count).